The first-order valence-electron chi connectivity index (χ1n) is 11.9. The summed E-state index contributed by atoms with van der Waals surface area (Å²) in [6, 6.07) is 2.21. The number of carboxylic acid groups (broad SMARTS) is 1. The first kappa shape index (κ1) is 28.6. The number of aromatic hydroxyl groups is 1. The minimum atomic E-state index is -1.34. The molecule has 12 heteroatoms. The van der Waals surface area contributed by atoms with Gasteiger partial charge in [-0.2, -0.15) is 0 Å². The maximum atomic E-state index is 13.1. The molecule has 0 radical (unpaired) electrons. The molecule has 4 amide bonds. The molecule has 12 nitrogen and oxygen atoms in total. The highest BCUT2D eigenvalue weighted by atomic mass is 16.4. The predicted octanol–water partition coefficient (Wildman–Crippen LogP) is -0.771. The van der Waals surface area contributed by atoms with E-state index in [4.69, 9.17) is 11.5 Å². The van der Waals surface area contributed by atoms with Gasteiger partial charge in [0, 0.05) is 13.0 Å². The summed E-state index contributed by atoms with van der Waals surface area (Å²) in [4.78, 5) is 62.8. The van der Waals surface area contributed by atoms with Gasteiger partial charge in [-0.1, -0.05) is 26.0 Å². The van der Waals surface area contributed by atoms with Crippen LogP contribution < -0.4 is 22.1 Å². The molecule has 0 bridgehead atoms. The van der Waals surface area contributed by atoms with Crippen LogP contribution in [0.15, 0.2) is 24.3 Å². The number of aliphatic carboxylic acids is 1. The van der Waals surface area contributed by atoms with Gasteiger partial charge in [0.2, 0.25) is 23.6 Å². The number of benzene rings is 1. The zero-order valence-electron chi connectivity index (χ0n) is 20.5. The average Bonchev–Trinajstić information content (AvgIpc) is 3.30. The van der Waals surface area contributed by atoms with Crippen LogP contribution in [0, 0.1) is 5.92 Å². The largest absolute Gasteiger partial charge is 0.508 e. The van der Waals surface area contributed by atoms with E-state index >= 15 is 0 Å². The van der Waals surface area contributed by atoms with Crippen LogP contribution in [-0.2, 0) is 30.4 Å². The summed E-state index contributed by atoms with van der Waals surface area (Å²) in [5.41, 5.74) is 12.0. The third-order valence-corrected chi connectivity index (χ3v) is 6.09. The fraction of sp³-hybridized carbons (Fsp3) is 0.542. The number of primary amides is 1. The lowest BCUT2D eigenvalue weighted by Crippen LogP contribution is -2.58. The number of nitrogens with two attached hydrogens (primary N) is 2. The zero-order valence-corrected chi connectivity index (χ0v) is 20.5. The summed E-state index contributed by atoms with van der Waals surface area (Å²) in [7, 11) is 0. The second-order valence-electron chi connectivity index (χ2n) is 9.30. The van der Waals surface area contributed by atoms with Crippen molar-refractivity contribution in [1.29, 1.82) is 0 Å². The lowest BCUT2D eigenvalue weighted by Gasteiger charge is -2.29. The highest BCUT2D eigenvalue weighted by Crippen LogP contribution is 2.20. The molecule has 1 aliphatic rings. The van der Waals surface area contributed by atoms with E-state index < -0.39 is 53.8 Å². The summed E-state index contributed by atoms with van der Waals surface area (Å²) in [5.74, 6) is -3.95. The van der Waals surface area contributed by atoms with Crippen LogP contribution in [0.4, 0.5) is 0 Å². The molecular formula is C24H35N5O7. The summed E-state index contributed by atoms with van der Waals surface area (Å²) < 4.78 is 0. The Kier molecular flexibility index (Phi) is 10.2. The number of phenols is 1. The van der Waals surface area contributed by atoms with Gasteiger partial charge >= 0.3 is 5.97 Å². The van der Waals surface area contributed by atoms with Crippen molar-refractivity contribution in [1.82, 2.24) is 15.5 Å². The van der Waals surface area contributed by atoms with Crippen molar-refractivity contribution >= 4 is 29.6 Å². The highest BCUT2D eigenvalue weighted by Gasteiger charge is 2.38. The molecule has 4 atom stereocenters. The second kappa shape index (κ2) is 12.9. The number of rotatable bonds is 12. The lowest BCUT2D eigenvalue weighted by molar-refractivity contribution is -0.143. The third kappa shape index (κ3) is 7.94. The number of hydrogen-bond acceptors (Lipinski definition) is 7. The summed E-state index contributed by atoms with van der Waals surface area (Å²) in [5, 5.41) is 23.8. The molecule has 4 unspecified atom stereocenters. The molecule has 1 aromatic carbocycles. The van der Waals surface area contributed by atoms with E-state index in [9.17, 15) is 34.2 Å². The molecule has 198 valence electrons. The van der Waals surface area contributed by atoms with Crippen LogP contribution >= 0.6 is 0 Å². The monoisotopic (exact) mass is 505 g/mol. The van der Waals surface area contributed by atoms with Crippen LogP contribution in [0.25, 0.3) is 0 Å². The Morgan fingerprint density at radius 1 is 1.11 bits per heavy atom. The Labute approximate surface area is 209 Å². The van der Waals surface area contributed by atoms with E-state index in [0.717, 1.165) is 5.56 Å². The van der Waals surface area contributed by atoms with Crippen molar-refractivity contribution in [3.8, 4) is 5.75 Å². The summed E-state index contributed by atoms with van der Waals surface area (Å²) in [6.45, 7) is 3.72. The maximum absolute atomic E-state index is 13.1. The molecule has 1 heterocycles. The number of hydrogen-bond donors (Lipinski definition) is 6. The number of carbonyl (C=O) groups excluding carboxylic acids is 4. The van der Waals surface area contributed by atoms with Crippen molar-refractivity contribution in [2.75, 3.05) is 6.54 Å². The molecule has 1 fully saturated rings. The van der Waals surface area contributed by atoms with E-state index in [1.165, 1.54) is 17.0 Å². The smallest absolute Gasteiger partial charge is 0.326 e. The summed E-state index contributed by atoms with van der Waals surface area (Å²) >= 11 is 0. The Morgan fingerprint density at radius 3 is 2.31 bits per heavy atom. The second-order valence-corrected chi connectivity index (χ2v) is 9.30. The van der Waals surface area contributed by atoms with Gasteiger partial charge in [0.25, 0.3) is 0 Å². The quantitative estimate of drug-likeness (QED) is 0.212. The molecule has 1 aromatic rings. The van der Waals surface area contributed by atoms with Crippen LogP contribution in [0.1, 0.15) is 45.1 Å². The van der Waals surface area contributed by atoms with E-state index in [1.54, 1.807) is 26.0 Å². The molecule has 0 saturated carbocycles. The van der Waals surface area contributed by atoms with E-state index in [1.807, 2.05) is 0 Å². The van der Waals surface area contributed by atoms with Crippen molar-refractivity contribution < 1.29 is 34.2 Å². The van der Waals surface area contributed by atoms with E-state index in [0.29, 0.717) is 19.4 Å². The van der Waals surface area contributed by atoms with Gasteiger partial charge in [-0.3, -0.25) is 19.2 Å². The van der Waals surface area contributed by atoms with Gasteiger partial charge in [0.1, 0.15) is 23.9 Å². The first-order chi connectivity index (χ1) is 16.9. The van der Waals surface area contributed by atoms with Crippen LogP contribution in [0.5, 0.6) is 5.75 Å². The maximum Gasteiger partial charge on any atom is 0.326 e. The third-order valence-electron chi connectivity index (χ3n) is 6.09. The minimum Gasteiger partial charge on any atom is -0.508 e. The highest BCUT2D eigenvalue weighted by molar-refractivity contribution is 5.94. The molecule has 1 aliphatic heterocycles. The number of amides is 4. The first-order valence-corrected chi connectivity index (χ1v) is 11.9. The van der Waals surface area contributed by atoms with Gasteiger partial charge in [-0.15, -0.1) is 0 Å². The standard InChI is InChI=1S/C24H35N5O7/c1-13(2)20(22(33)27-17(24(35)36)9-10-19(26)31)28-21(32)18-4-3-11-29(18)23(34)16(25)12-14-5-7-15(30)8-6-14/h5-8,13,16-18,20,30H,3-4,9-12,25H2,1-2H3,(H2,26,31)(H,27,33)(H,28,32)(H,35,36). The van der Waals surface area contributed by atoms with Gasteiger partial charge in [0.15, 0.2) is 0 Å². The Morgan fingerprint density at radius 2 is 1.75 bits per heavy atom. The fourth-order valence-corrected chi connectivity index (χ4v) is 4.08. The van der Waals surface area contributed by atoms with Crippen LogP contribution in [0.3, 0.4) is 0 Å². The number of nitrogens with one attached hydrogen (secondary N) is 2. The Balaban J connectivity index is 2.05. The molecule has 0 spiro atoms. The molecule has 8 N–H and O–H groups in total. The SMILES string of the molecule is CC(C)C(NC(=O)C1CCCN1C(=O)C(N)Cc1ccc(O)cc1)C(=O)NC(CCC(N)=O)C(=O)O. The van der Waals surface area contributed by atoms with Crippen molar-refractivity contribution in [2.24, 2.45) is 17.4 Å². The lowest BCUT2D eigenvalue weighted by atomic mass is 10.0. The Hall–Kier alpha value is -3.67. The Bertz CT molecular complexity index is 966. The molecular weight excluding hydrogens is 470 g/mol. The molecule has 1 saturated heterocycles. The van der Waals surface area contributed by atoms with Crippen molar-refractivity contribution in [3.05, 3.63) is 29.8 Å². The van der Waals surface area contributed by atoms with Gasteiger partial charge in [-0.25, -0.2) is 4.79 Å². The number of carbonyl (C=O) groups is 5. The number of nitrogens with zero attached hydrogens (tertiary/aromatic N) is 1. The van der Waals surface area contributed by atoms with Crippen LogP contribution in [0.2, 0.25) is 0 Å². The number of carboxylic acids is 1. The molecule has 0 aromatic heterocycles. The number of phenolic OH excluding ortho intramolecular Hbond substituents is 1. The number of likely N-dealkylation sites (tertiary alicyclic amines) is 1. The minimum absolute atomic E-state index is 0.0983. The summed E-state index contributed by atoms with van der Waals surface area (Å²) in [6.07, 6.45) is 0.802. The molecule has 0 aliphatic carbocycles. The predicted molar refractivity (Wildman–Crippen MR) is 129 cm³/mol. The van der Waals surface area contributed by atoms with Crippen LogP contribution in [-0.4, -0.2) is 75.4 Å². The normalized spacial score (nSPS) is 17.8. The van der Waals surface area contributed by atoms with E-state index in [-0.39, 0.29) is 30.9 Å². The van der Waals surface area contributed by atoms with E-state index in [2.05, 4.69) is 10.6 Å². The topological polar surface area (TPSA) is 205 Å². The van der Waals surface area contributed by atoms with Gasteiger partial charge in [-0.05, 0) is 49.3 Å². The average molecular weight is 506 g/mol. The van der Waals surface area contributed by atoms with Crippen molar-refractivity contribution in [3.63, 3.8) is 0 Å². The molecule has 36 heavy (non-hydrogen) atoms. The van der Waals surface area contributed by atoms with Crippen molar-refractivity contribution in [2.45, 2.75) is 70.1 Å². The fourth-order valence-electron chi connectivity index (χ4n) is 4.08. The van der Waals surface area contributed by atoms with Gasteiger partial charge in [0.05, 0.1) is 6.04 Å². The molecule has 2 rings (SSSR count). The zero-order chi connectivity index (χ0) is 27.0. The van der Waals surface area contributed by atoms with Gasteiger partial charge < -0.3 is 37.2 Å².